The van der Waals surface area contributed by atoms with E-state index in [-0.39, 0.29) is 5.91 Å². The van der Waals surface area contributed by atoms with Gasteiger partial charge in [-0.05, 0) is 43.1 Å². The lowest BCUT2D eigenvalue weighted by Crippen LogP contribution is -2.26. The number of nitrogens with one attached hydrogen (secondary N) is 1. The first-order valence-corrected chi connectivity index (χ1v) is 6.85. The molecule has 0 atom stereocenters. The highest BCUT2D eigenvalue weighted by Crippen LogP contribution is 2.09. The summed E-state index contributed by atoms with van der Waals surface area (Å²) in [6.45, 7) is 1.37. The van der Waals surface area contributed by atoms with Crippen LogP contribution in [0.15, 0.2) is 42.7 Å². The highest BCUT2D eigenvalue weighted by molar-refractivity contribution is 5.78. The Hall–Kier alpha value is -2.14. The van der Waals surface area contributed by atoms with Crippen molar-refractivity contribution in [3.05, 3.63) is 48.3 Å². The minimum absolute atomic E-state index is 0.0499. The second-order valence-corrected chi connectivity index (χ2v) is 4.64. The van der Waals surface area contributed by atoms with E-state index >= 15 is 0 Å². The van der Waals surface area contributed by atoms with Crippen LogP contribution >= 0.6 is 0 Å². The van der Waals surface area contributed by atoms with Crippen molar-refractivity contribution in [3.63, 3.8) is 0 Å². The van der Waals surface area contributed by atoms with Crippen molar-refractivity contribution in [3.8, 4) is 5.69 Å². The summed E-state index contributed by atoms with van der Waals surface area (Å²) in [6.07, 6.45) is 5.91. The first-order chi connectivity index (χ1) is 9.79. The second kappa shape index (κ2) is 7.45. The normalized spacial score (nSPS) is 10.4. The first kappa shape index (κ1) is 14.3. The number of carbonyl (C=O) groups is 1. The fraction of sp³-hybridized carbons (Fsp3) is 0.333. The molecule has 2 aromatic rings. The third-order valence-corrected chi connectivity index (χ3v) is 3.02. The molecule has 0 radical (unpaired) electrons. The monoisotopic (exact) mass is 272 g/mol. The summed E-state index contributed by atoms with van der Waals surface area (Å²) >= 11 is 0. The molecule has 106 valence electrons. The third kappa shape index (κ3) is 4.20. The average Bonchev–Trinajstić information content (AvgIpc) is 2.99. The molecule has 0 aliphatic carbocycles. The maximum atomic E-state index is 11.7. The van der Waals surface area contributed by atoms with Gasteiger partial charge in [0.15, 0.2) is 0 Å². The van der Waals surface area contributed by atoms with Crippen LogP contribution in [0.4, 0.5) is 0 Å². The molecule has 5 heteroatoms. The smallest absolute Gasteiger partial charge is 0.224 e. The molecule has 0 bridgehead atoms. The van der Waals surface area contributed by atoms with Crippen molar-refractivity contribution >= 4 is 5.91 Å². The molecule has 0 unspecified atom stereocenters. The second-order valence-electron chi connectivity index (χ2n) is 4.64. The van der Waals surface area contributed by atoms with Crippen LogP contribution in [0, 0.1) is 0 Å². The molecule has 0 fully saturated rings. The number of rotatable bonds is 7. The van der Waals surface area contributed by atoms with Gasteiger partial charge in [0.1, 0.15) is 0 Å². The maximum Gasteiger partial charge on any atom is 0.224 e. The first-order valence-electron chi connectivity index (χ1n) is 6.85. The predicted octanol–water partition coefficient (Wildman–Crippen LogP) is 1.27. The molecule has 0 saturated heterocycles. The molecule has 0 aliphatic heterocycles. The zero-order valence-electron chi connectivity index (χ0n) is 11.5. The summed E-state index contributed by atoms with van der Waals surface area (Å²) in [6, 6.07) is 9.71. The Morgan fingerprint density at radius 2 is 2.05 bits per heavy atom. The zero-order chi connectivity index (χ0) is 14.2. The fourth-order valence-corrected chi connectivity index (χ4v) is 1.93. The highest BCUT2D eigenvalue weighted by atomic mass is 16.1. The summed E-state index contributed by atoms with van der Waals surface area (Å²) in [7, 11) is 0. The number of hydrogen-bond acceptors (Lipinski definition) is 3. The van der Waals surface area contributed by atoms with Crippen LogP contribution in [0.2, 0.25) is 0 Å². The molecule has 0 saturated carbocycles. The standard InChI is InChI=1S/C15H20N4O/c16-8-1-2-9-17-15(20)12-13-4-6-14(7-5-13)19-11-3-10-18-19/h3-7,10-11H,1-2,8-9,12,16H2,(H,17,20). The molecular weight excluding hydrogens is 252 g/mol. The summed E-state index contributed by atoms with van der Waals surface area (Å²) in [5.41, 5.74) is 7.39. The van der Waals surface area contributed by atoms with Gasteiger partial charge in [-0.2, -0.15) is 5.10 Å². The van der Waals surface area contributed by atoms with E-state index in [0.717, 1.165) is 24.1 Å². The Balaban J connectivity index is 1.83. The van der Waals surface area contributed by atoms with E-state index in [1.165, 1.54) is 0 Å². The van der Waals surface area contributed by atoms with Gasteiger partial charge in [-0.15, -0.1) is 0 Å². The summed E-state index contributed by atoms with van der Waals surface area (Å²) < 4.78 is 1.79. The van der Waals surface area contributed by atoms with Crippen molar-refractivity contribution in [2.45, 2.75) is 19.3 Å². The van der Waals surface area contributed by atoms with E-state index in [0.29, 0.717) is 19.5 Å². The lowest BCUT2D eigenvalue weighted by molar-refractivity contribution is -0.120. The van der Waals surface area contributed by atoms with Gasteiger partial charge in [0.25, 0.3) is 0 Å². The van der Waals surface area contributed by atoms with E-state index in [1.807, 2.05) is 36.5 Å². The largest absolute Gasteiger partial charge is 0.356 e. The summed E-state index contributed by atoms with van der Waals surface area (Å²) in [5.74, 6) is 0.0499. The molecule has 20 heavy (non-hydrogen) atoms. The van der Waals surface area contributed by atoms with Crippen LogP contribution in [0.3, 0.4) is 0 Å². The fourth-order valence-electron chi connectivity index (χ4n) is 1.93. The van der Waals surface area contributed by atoms with Gasteiger partial charge in [0.05, 0.1) is 12.1 Å². The van der Waals surface area contributed by atoms with E-state index in [4.69, 9.17) is 5.73 Å². The lowest BCUT2D eigenvalue weighted by Gasteiger charge is -2.06. The van der Waals surface area contributed by atoms with Gasteiger partial charge < -0.3 is 11.1 Å². The van der Waals surface area contributed by atoms with Crippen molar-refractivity contribution in [2.75, 3.05) is 13.1 Å². The minimum atomic E-state index is 0.0499. The molecule has 1 aromatic heterocycles. The number of amides is 1. The van der Waals surface area contributed by atoms with Gasteiger partial charge >= 0.3 is 0 Å². The third-order valence-electron chi connectivity index (χ3n) is 3.02. The van der Waals surface area contributed by atoms with E-state index in [9.17, 15) is 4.79 Å². The van der Waals surface area contributed by atoms with Gasteiger partial charge in [-0.1, -0.05) is 12.1 Å². The van der Waals surface area contributed by atoms with Crippen LogP contribution in [0.25, 0.3) is 5.69 Å². The Bertz CT molecular complexity index is 519. The van der Waals surface area contributed by atoms with E-state index in [1.54, 1.807) is 10.9 Å². The SMILES string of the molecule is NCCCCNC(=O)Cc1ccc(-n2cccn2)cc1. The van der Waals surface area contributed by atoms with Crippen molar-refractivity contribution in [2.24, 2.45) is 5.73 Å². The van der Waals surface area contributed by atoms with Crippen LogP contribution < -0.4 is 11.1 Å². The maximum absolute atomic E-state index is 11.7. The lowest BCUT2D eigenvalue weighted by atomic mass is 10.1. The highest BCUT2D eigenvalue weighted by Gasteiger charge is 2.03. The Kier molecular flexibility index (Phi) is 5.32. The van der Waals surface area contributed by atoms with E-state index in [2.05, 4.69) is 10.4 Å². The molecular formula is C15H20N4O. The van der Waals surface area contributed by atoms with Crippen molar-refractivity contribution < 1.29 is 4.79 Å². The molecule has 0 spiro atoms. The van der Waals surface area contributed by atoms with Crippen LogP contribution in [0.1, 0.15) is 18.4 Å². The van der Waals surface area contributed by atoms with Gasteiger partial charge in [0, 0.05) is 18.9 Å². The van der Waals surface area contributed by atoms with Crippen LogP contribution in [-0.4, -0.2) is 28.8 Å². The quantitative estimate of drug-likeness (QED) is 0.745. The summed E-state index contributed by atoms with van der Waals surface area (Å²) in [5, 5.41) is 7.06. The minimum Gasteiger partial charge on any atom is -0.356 e. The molecule has 1 aromatic carbocycles. The predicted molar refractivity (Wildman–Crippen MR) is 78.6 cm³/mol. The topological polar surface area (TPSA) is 72.9 Å². The number of nitrogens with two attached hydrogens (primary N) is 1. The number of hydrogen-bond donors (Lipinski definition) is 2. The number of unbranched alkanes of at least 4 members (excludes halogenated alkanes) is 1. The van der Waals surface area contributed by atoms with E-state index < -0.39 is 0 Å². The number of benzene rings is 1. The molecule has 3 N–H and O–H groups in total. The molecule has 5 nitrogen and oxygen atoms in total. The molecule has 1 amide bonds. The van der Waals surface area contributed by atoms with Gasteiger partial charge in [0.2, 0.25) is 5.91 Å². The Morgan fingerprint density at radius 3 is 2.70 bits per heavy atom. The van der Waals surface area contributed by atoms with Crippen LogP contribution in [-0.2, 0) is 11.2 Å². The van der Waals surface area contributed by atoms with Gasteiger partial charge in [-0.3, -0.25) is 4.79 Å². The number of carbonyl (C=O) groups excluding carboxylic acids is 1. The Labute approximate surface area is 118 Å². The van der Waals surface area contributed by atoms with Gasteiger partial charge in [-0.25, -0.2) is 4.68 Å². The molecule has 2 rings (SSSR count). The number of nitrogens with zero attached hydrogens (tertiary/aromatic N) is 2. The molecule has 1 heterocycles. The average molecular weight is 272 g/mol. The Morgan fingerprint density at radius 1 is 1.25 bits per heavy atom. The van der Waals surface area contributed by atoms with Crippen molar-refractivity contribution in [1.29, 1.82) is 0 Å². The van der Waals surface area contributed by atoms with Crippen LogP contribution in [0.5, 0.6) is 0 Å². The number of aromatic nitrogens is 2. The summed E-state index contributed by atoms with van der Waals surface area (Å²) in [4.78, 5) is 11.7. The molecule has 0 aliphatic rings. The zero-order valence-corrected chi connectivity index (χ0v) is 11.5. The van der Waals surface area contributed by atoms with Crippen molar-refractivity contribution in [1.82, 2.24) is 15.1 Å².